The van der Waals surface area contributed by atoms with E-state index in [0.717, 1.165) is 0 Å². The molecule has 0 aromatic heterocycles. The summed E-state index contributed by atoms with van der Waals surface area (Å²) in [6, 6.07) is -9.09. The fourth-order valence-electron chi connectivity index (χ4n) is 6.51. The number of carbonyl (C=O) groups excluding carboxylic acids is 7. The summed E-state index contributed by atoms with van der Waals surface area (Å²) in [4.78, 5) is 122. The first-order valence-electron chi connectivity index (χ1n) is 21.0. The Kier molecular flexibility index (Phi) is 23.4. The summed E-state index contributed by atoms with van der Waals surface area (Å²) in [6.07, 6.45) is -0.491. The van der Waals surface area contributed by atoms with E-state index in [4.69, 9.17) is 17.2 Å². The van der Waals surface area contributed by atoms with E-state index in [1.54, 1.807) is 34.6 Å². The molecule has 0 bridgehead atoms. The first kappa shape index (κ1) is 54.4. The van der Waals surface area contributed by atoms with Crippen LogP contribution in [0.25, 0.3) is 0 Å². The van der Waals surface area contributed by atoms with E-state index >= 15 is 0 Å². The van der Waals surface area contributed by atoms with Crippen LogP contribution in [0.1, 0.15) is 99.8 Å². The van der Waals surface area contributed by atoms with Crippen molar-refractivity contribution in [3.63, 3.8) is 0 Å². The summed E-state index contributed by atoms with van der Waals surface area (Å²) in [7, 11) is 0. The van der Waals surface area contributed by atoms with E-state index in [2.05, 4.69) is 36.9 Å². The zero-order valence-electron chi connectivity index (χ0n) is 36.8. The summed E-state index contributed by atoms with van der Waals surface area (Å²) < 4.78 is 0. The highest BCUT2D eigenvalue weighted by molar-refractivity contribution is 5.98. The fraction of sp³-hybridized carbons (Fsp3) is 0.744. The molecule has 62 heavy (non-hydrogen) atoms. The van der Waals surface area contributed by atoms with E-state index in [0.29, 0.717) is 19.3 Å². The van der Waals surface area contributed by atoms with Gasteiger partial charge in [0.25, 0.3) is 0 Å². The second kappa shape index (κ2) is 26.7. The third-order valence-corrected chi connectivity index (χ3v) is 10.6. The van der Waals surface area contributed by atoms with Crippen molar-refractivity contribution in [1.29, 1.82) is 0 Å². The van der Waals surface area contributed by atoms with Crippen molar-refractivity contribution in [3.05, 3.63) is 0 Å². The number of rotatable bonds is 27. The number of aliphatic imine (C=N–C) groups is 1. The SMILES string of the molecule is CC[C@H](C)[C@H](N)C(=O)N[C@@H](CC(=O)O)C(=O)N[C@@H](CC(C)C)C(=O)N1CCC[C@H]1C(=O)NCC(=O)N[C@H](C(=O)N[C@H](C(=O)N[C@@H](CCCN=C(N)N)C(=O)O)[C@@H](C)O)[C@@H](C)CC. The number of nitrogens with zero attached hydrogens (tertiary/aromatic N) is 2. The molecule has 7 amide bonds. The van der Waals surface area contributed by atoms with Crippen LogP contribution in [-0.2, 0) is 43.2 Å². The molecule has 1 aliphatic heterocycles. The number of carbonyl (C=O) groups is 9. The van der Waals surface area contributed by atoms with E-state index in [1.165, 1.54) is 11.8 Å². The van der Waals surface area contributed by atoms with Crippen molar-refractivity contribution in [2.24, 2.45) is 39.9 Å². The van der Waals surface area contributed by atoms with Crippen LogP contribution in [-0.4, -0.2) is 147 Å². The fourth-order valence-corrected chi connectivity index (χ4v) is 6.51. The Labute approximate surface area is 361 Å². The van der Waals surface area contributed by atoms with E-state index in [9.17, 15) is 58.5 Å². The van der Waals surface area contributed by atoms with Crippen molar-refractivity contribution in [2.45, 2.75) is 148 Å². The van der Waals surface area contributed by atoms with Crippen LogP contribution in [0.4, 0.5) is 0 Å². The lowest BCUT2D eigenvalue weighted by atomic mass is 9.97. The number of carboxylic acid groups (broad SMARTS) is 2. The van der Waals surface area contributed by atoms with Crippen LogP contribution >= 0.6 is 0 Å². The van der Waals surface area contributed by atoms with Gasteiger partial charge in [0.05, 0.1) is 25.1 Å². The Bertz CT molecular complexity index is 1610. The van der Waals surface area contributed by atoms with E-state index < -0.39 is 121 Å². The van der Waals surface area contributed by atoms with Gasteiger partial charge in [-0.3, -0.25) is 43.3 Å². The van der Waals surface area contributed by atoms with Gasteiger partial charge in [0.15, 0.2) is 5.96 Å². The maximum Gasteiger partial charge on any atom is 0.326 e. The number of aliphatic hydroxyl groups excluding tert-OH is 1. The van der Waals surface area contributed by atoms with Crippen LogP contribution in [0.3, 0.4) is 0 Å². The minimum atomic E-state index is -1.62. The molecule has 352 valence electrons. The third-order valence-electron chi connectivity index (χ3n) is 10.6. The molecule has 0 aromatic carbocycles. The Hall–Kier alpha value is -5.58. The number of hydrogen-bond donors (Lipinski definition) is 12. The second-order valence-electron chi connectivity index (χ2n) is 16.2. The van der Waals surface area contributed by atoms with Crippen LogP contribution in [0, 0.1) is 17.8 Å². The van der Waals surface area contributed by atoms with Crippen LogP contribution in [0.2, 0.25) is 0 Å². The quantitative estimate of drug-likeness (QED) is 0.0222. The summed E-state index contributed by atoms with van der Waals surface area (Å²) in [6.45, 7) is 11.3. The average molecular weight is 884 g/mol. The van der Waals surface area contributed by atoms with Crippen molar-refractivity contribution in [2.75, 3.05) is 19.6 Å². The summed E-state index contributed by atoms with van der Waals surface area (Å²) >= 11 is 0. The lowest BCUT2D eigenvalue weighted by molar-refractivity contribution is -0.144. The number of nitrogens with two attached hydrogens (primary N) is 3. The van der Waals surface area contributed by atoms with Crippen molar-refractivity contribution in [3.8, 4) is 0 Å². The molecular formula is C39H69N11O12. The topological polar surface area (TPSA) is 380 Å². The predicted molar refractivity (Wildman–Crippen MR) is 225 cm³/mol. The standard InChI is InChI=1S/C39H69N11O12/c1-8-20(5)29(40)34(57)46-24(17-28(53)54)32(55)47-25(16-19(3)4)37(60)50-15-11-13-26(50)33(56)44-18-27(52)48-30(21(6)9-2)35(58)49-31(22(7)51)36(59)45-23(38(61)62)12-10-14-43-39(41)42/h19-26,29-31,51H,8-18,40H2,1-7H3,(H,44,56)(H,45,59)(H,46,57)(H,47,55)(H,48,52)(H,49,58)(H,53,54)(H,61,62)(H4,41,42,43)/t20-,21-,22+,23-,24-,25-,26-,29-,30-,31-/m0/s1. The molecule has 1 saturated heterocycles. The van der Waals surface area contributed by atoms with E-state index in [1.807, 2.05) is 6.92 Å². The number of aliphatic carboxylic acids is 2. The third kappa shape index (κ3) is 18.2. The number of guanidine groups is 1. The Morgan fingerprint density at radius 2 is 1.34 bits per heavy atom. The molecule has 10 atom stereocenters. The zero-order valence-corrected chi connectivity index (χ0v) is 36.8. The molecule has 23 nitrogen and oxygen atoms in total. The van der Waals surface area contributed by atoms with Crippen LogP contribution in [0.15, 0.2) is 4.99 Å². The minimum absolute atomic E-state index is 0.0674. The lowest BCUT2D eigenvalue weighted by Crippen LogP contribution is -2.60. The highest BCUT2D eigenvalue weighted by Crippen LogP contribution is 2.21. The van der Waals surface area contributed by atoms with Gasteiger partial charge in [-0.1, -0.05) is 54.4 Å². The largest absolute Gasteiger partial charge is 0.481 e. The second-order valence-corrected chi connectivity index (χ2v) is 16.2. The zero-order chi connectivity index (χ0) is 47.4. The number of amides is 7. The summed E-state index contributed by atoms with van der Waals surface area (Å²) in [5.41, 5.74) is 16.6. The average Bonchev–Trinajstić information content (AvgIpc) is 3.69. The van der Waals surface area contributed by atoms with Gasteiger partial charge in [-0.2, -0.15) is 0 Å². The highest BCUT2D eigenvalue weighted by atomic mass is 16.4. The molecule has 15 N–H and O–H groups in total. The molecule has 23 heteroatoms. The summed E-state index contributed by atoms with van der Waals surface area (Å²) in [5, 5.41) is 44.1. The Morgan fingerprint density at radius 3 is 1.87 bits per heavy atom. The van der Waals surface area contributed by atoms with Gasteiger partial charge in [-0.05, 0) is 56.8 Å². The van der Waals surface area contributed by atoms with Gasteiger partial charge >= 0.3 is 11.9 Å². The molecule has 1 heterocycles. The summed E-state index contributed by atoms with van der Waals surface area (Å²) in [5.74, 6) is -9.51. The Morgan fingerprint density at radius 1 is 0.758 bits per heavy atom. The van der Waals surface area contributed by atoms with Gasteiger partial charge < -0.3 is 69.3 Å². The number of aliphatic hydroxyl groups is 1. The minimum Gasteiger partial charge on any atom is -0.481 e. The molecule has 0 saturated carbocycles. The van der Waals surface area contributed by atoms with Gasteiger partial charge in [0.1, 0.15) is 36.3 Å². The van der Waals surface area contributed by atoms with Gasteiger partial charge in [0.2, 0.25) is 41.4 Å². The molecule has 1 fully saturated rings. The molecule has 1 rings (SSSR count). The normalized spacial score (nSPS) is 18.0. The highest BCUT2D eigenvalue weighted by Gasteiger charge is 2.40. The van der Waals surface area contributed by atoms with Crippen molar-refractivity contribution < 1.29 is 58.5 Å². The Balaban J connectivity index is 3.08. The first-order chi connectivity index (χ1) is 28.9. The van der Waals surface area contributed by atoms with Crippen LogP contribution in [0.5, 0.6) is 0 Å². The first-order valence-corrected chi connectivity index (χ1v) is 21.0. The number of nitrogens with one attached hydrogen (secondary N) is 6. The molecule has 0 aliphatic carbocycles. The van der Waals surface area contributed by atoms with Crippen molar-refractivity contribution >= 4 is 59.2 Å². The van der Waals surface area contributed by atoms with Gasteiger partial charge in [0, 0.05) is 13.1 Å². The maximum absolute atomic E-state index is 14.0. The monoisotopic (exact) mass is 884 g/mol. The number of likely N-dealkylation sites (tertiary alicyclic amines) is 1. The molecule has 0 unspecified atom stereocenters. The van der Waals surface area contributed by atoms with Gasteiger partial charge in [-0.25, -0.2) is 4.79 Å². The lowest BCUT2D eigenvalue weighted by Gasteiger charge is -2.31. The number of carboxylic acids is 2. The van der Waals surface area contributed by atoms with Gasteiger partial charge in [-0.15, -0.1) is 0 Å². The molecule has 0 spiro atoms. The number of hydrogen-bond acceptors (Lipinski definition) is 12. The molecule has 1 aliphatic rings. The van der Waals surface area contributed by atoms with E-state index in [-0.39, 0.29) is 56.6 Å². The predicted octanol–water partition coefficient (Wildman–Crippen LogP) is -3.02. The molecule has 0 aromatic rings. The smallest absolute Gasteiger partial charge is 0.326 e. The van der Waals surface area contributed by atoms with Crippen LogP contribution < -0.4 is 49.1 Å². The maximum atomic E-state index is 14.0. The molecule has 0 radical (unpaired) electrons. The van der Waals surface area contributed by atoms with Crippen molar-refractivity contribution in [1.82, 2.24) is 36.8 Å². The molecular weight excluding hydrogens is 814 g/mol.